The molecule has 6 heteroatoms. The highest BCUT2D eigenvalue weighted by atomic mass is 16.4. The van der Waals surface area contributed by atoms with Gasteiger partial charge in [0.25, 0.3) is 5.89 Å². The molecule has 0 unspecified atom stereocenters. The Morgan fingerprint density at radius 2 is 2.05 bits per heavy atom. The first-order valence-corrected chi connectivity index (χ1v) is 7.22. The predicted molar refractivity (Wildman–Crippen MR) is 81.6 cm³/mol. The fourth-order valence-electron chi connectivity index (χ4n) is 2.31. The van der Waals surface area contributed by atoms with Crippen molar-refractivity contribution in [3.05, 3.63) is 35.2 Å². The van der Waals surface area contributed by atoms with E-state index in [1.165, 1.54) is 0 Å². The Hall–Kier alpha value is -2.63. The number of aromatic nitrogens is 2. The summed E-state index contributed by atoms with van der Waals surface area (Å²) in [5, 5.41) is 11.4. The number of nitrogens with zero attached hydrogens (tertiary/aromatic N) is 2. The number of rotatable bonds is 4. The van der Waals surface area contributed by atoms with E-state index < -0.39 is 0 Å². The van der Waals surface area contributed by atoms with Crippen LogP contribution < -0.4 is 5.32 Å². The molecule has 1 N–H and O–H groups in total. The first-order valence-electron chi connectivity index (χ1n) is 7.22. The summed E-state index contributed by atoms with van der Waals surface area (Å²) in [7, 11) is 0. The highest BCUT2D eigenvalue weighted by Gasteiger charge is 2.21. The topological polar surface area (TPSA) is 81.2 Å². The second kappa shape index (κ2) is 5.63. The van der Waals surface area contributed by atoms with Gasteiger partial charge in [0.15, 0.2) is 5.76 Å². The van der Waals surface area contributed by atoms with E-state index in [9.17, 15) is 4.79 Å². The third-order valence-corrected chi connectivity index (χ3v) is 3.51. The molecule has 0 radical (unpaired) electrons. The van der Waals surface area contributed by atoms with Gasteiger partial charge in [-0.3, -0.25) is 4.79 Å². The molecule has 0 bridgehead atoms. The largest absolute Gasteiger partial charge is 0.450 e. The lowest BCUT2D eigenvalue weighted by molar-refractivity contribution is 0.0919. The monoisotopic (exact) mass is 299 g/mol. The summed E-state index contributed by atoms with van der Waals surface area (Å²) in [5.74, 6) is 0.298. The molecular formula is C16H17N3O3. The van der Waals surface area contributed by atoms with E-state index in [-0.39, 0.29) is 17.7 Å². The van der Waals surface area contributed by atoms with E-state index in [2.05, 4.69) is 15.5 Å². The number of furan rings is 1. The second-order valence-electron chi connectivity index (χ2n) is 5.18. The first kappa shape index (κ1) is 14.3. The maximum absolute atomic E-state index is 11.8. The lowest BCUT2D eigenvalue weighted by Crippen LogP contribution is -2.24. The molecule has 114 valence electrons. The van der Waals surface area contributed by atoms with Crippen molar-refractivity contribution in [2.75, 3.05) is 6.54 Å². The number of carbonyl (C=O) groups excluding carboxylic acids is 1. The van der Waals surface area contributed by atoms with Crippen molar-refractivity contribution in [1.29, 1.82) is 0 Å². The van der Waals surface area contributed by atoms with E-state index in [0.717, 1.165) is 28.5 Å². The molecule has 0 saturated carbocycles. The third kappa shape index (κ3) is 2.36. The molecule has 0 aliphatic carbocycles. The van der Waals surface area contributed by atoms with Gasteiger partial charge in [0.1, 0.15) is 5.58 Å². The summed E-state index contributed by atoms with van der Waals surface area (Å²) in [4.78, 5) is 11.8. The summed E-state index contributed by atoms with van der Waals surface area (Å²) in [5.41, 5.74) is 2.75. The first-order chi connectivity index (χ1) is 10.6. The number of hydrogen-bond donors (Lipinski definition) is 1. The molecule has 6 nitrogen and oxygen atoms in total. The van der Waals surface area contributed by atoms with E-state index in [1.54, 1.807) is 0 Å². The molecule has 1 aromatic carbocycles. The van der Waals surface area contributed by atoms with Crippen molar-refractivity contribution in [2.45, 2.75) is 27.2 Å². The highest BCUT2D eigenvalue weighted by molar-refractivity contribution is 5.90. The zero-order valence-electron chi connectivity index (χ0n) is 12.8. The van der Waals surface area contributed by atoms with Crippen molar-refractivity contribution in [2.24, 2.45) is 0 Å². The van der Waals surface area contributed by atoms with Crippen LogP contribution >= 0.6 is 0 Å². The lowest BCUT2D eigenvalue weighted by atomic mass is 10.1. The summed E-state index contributed by atoms with van der Waals surface area (Å²) in [6.45, 7) is 6.45. The quantitative estimate of drug-likeness (QED) is 0.799. The van der Waals surface area contributed by atoms with Crippen LogP contribution in [0.15, 0.2) is 27.0 Å². The normalized spacial score (nSPS) is 11.0. The summed E-state index contributed by atoms with van der Waals surface area (Å²) < 4.78 is 11.3. The molecule has 0 aliphatic heterocycles. The fraction of sp³-hybridized carbons (Fsp3) is 0.312. The zero-order valence-corrected chi connectivity index (χ0v) is 12.8. The maximum atomic E-state index is 11.8. The van der Waals surface area contributed by atoms with Gasteiger partial charge in [-0.25, -0.2) is 0 Å². The smallest absolute Gasteiger partial charge is 0.308 e. The average Bonchev–Trinajstić information content (AvgIpc) is 3.11. The lowest BCUT2D eigenvalue weighted by Gasteiger charge is -1.97. The molecule has 3 aromatic rings. The van der Waals surface area contributed by atoms with Crippen molar-refractivity contribution in [1.82, 2.24) is 15.5 Å². The number of aryl methyl sites for hydroxylation is 2. The SMILES string of the molecule is CCCNC(=O)c1nnc(-c2oc3c(C)cccc3c2C)o1. The minimum Gasteiger partial charge on any atom is -0.450 e. The van der Waals surface area contributed by atoms with E-state index in [4.69, 9.17) is 8.83 Å². The number of nitrogens with one attached hydrogen (secondary N) is 1. The van der Waals surface area contributed by atoms with Gasteiger partial charge in [-0.15, -0.1) is 10.2 Å². The van der Waals surface area contributed by atoms with E-state index >= 15 is 0 Å². The van der Waals surface area contributed by atoms with Crippen LogP contribution in [-0.4, -0.2) is 22.6 Å². The van der Waals surface area contributed by atoms with Gasteiger partial charge in [0, 0.05) is 17.5 Å². The van der Waals surface area contributed by atoms with Crippen LogP contribution in [0, 0.1) is 13.8 Å². The van der Waals surface area contributed by atoms with Crippen molar-refractivity contribution >= 4 is 16.9 Å². The number of amides is 1. The fourth-order valence-corrected chi connectivity index (χ4v) is 2.31. The number of fused-ring (bicyclic) bond motifs is 1. The van der Waals surface area contributed by atoms with Gasteiger partial charge >= 0.3 is 11.8 Å². The molecule has 0 aliphatic rings. The van der Waals surface area contributed by atoms with Gasteiger partial charge in [-0.2, -0.15) is 0 Å². The van der Waals surface area contributed by atoms with Crippen LogP contribution in [0.1, 0.15) is 35.2 Å². The van der Waals surface area contributed by atoms with Gasteiger partial charge in [0.2, 0.25) is 0 Å². The number of para-hydroxylation sites is 1. The predicted octanol–water partition coefficient (Wildman–Crippen LogP) is 3.24. The maximum Gasteiger partial charge on any atom is 0.308 e. The van der Waals surface area contributed by atoms with Crippen molar-refractivity contribution in [3.63, 3.8) is 0 Å². The van der Waals surface area contributed by atoms with Crippen molar-refractivity contribution in [3.8, 4) is 11.7 Å². The Labute approximate surface area is 127 Å². The number of benzene rings is 1. The average molecular weight is 299 g/mol. The van der Waals surface area contributed by atoms with Gasteiger partial charge in [0.05, 0.1) is 0 Å². The van der Waals surface area contributed by atoms with Gasteiger partial charge < -0.3 is 14.2 Å². The molecule has 3 rings (SSSR count). The third-order valence-electron chi connectivity index (χ3n) is 3.51. The standard InChI is InChI=1S/C16H17N3O3/c1-4-8-17-14(20)16-19-18-15(22-16)13-10(3)11-7-5-6-9(2)12(11)21-13/h5-7H,4,8H2,1-3H3,(H,17,20). The van der Waals surface area contributed by atoms with Crippen LogP contribution in [0.5, 0.6) is 0 Å². The molecule has 0 spiro atoms. The molecule has 2 aromatic heterocycles. The second-order valence-corrected chi connectivity index (χ2v) is 5.18. The molecule has 1 amide bonds. The van der Waals surface area contributed by atoms with Crippen LogP contribution in [0.3, 0.4) is 0 Å². The van der Waals surface area contributed by atoms with E-state index in [0.29, 0.717) is 12.3 Å². The molecule has 0 saturated heterocycles. The molecule has 0 atom stereocenters. The van der Waals surface area contributed by atoms with Crippen molar-refractivity contribution < 1.29 is 13.6 Å². The van der Waals surface area contributed by atoms with Crippen LogP contribution in [0.4, 0.5) is 0 Å². The molecule has 22 heavy (non-hydrogen) atoms. The molecule has 0 fully saturated rings. The molecule has 2 heterocycles. The van der Waals surface area contributed by atoms with E-state index in [1.807, 2.05) is 39.0 Å². The summed E-state index contributed by atoms with van der Waals surface area (Å²) >= 11 is 0. The summed E-state index contributed by atoms with van der Waals surface area (Å²) in [6.07, 6.45) is 0.842. The number of carbonyl (C=O) groups is 1. The Morgan fingerprint density at radius 1 is 1.23 bits per heavy atom. The minimum absolute atomic E-state index is 0.0555. The Balaban J connectivity index is 1.98. The van der Waals surface area contributed by atoms with Gasteiger partial charge in [-0.1, -0.05) is 25.1 Å². The van der Waals surface area contributed by atoms with Gasteiger partial charge in [-0.05, 0) is 25.8 Å². The Bertz CT molecular complexity index is 832. The number of hydrogen-bond acceptors (Lipinski definition) is 5. The van der Waals surface area contributed by atoms with Crippen LogP contribution in [0.2, 0.25) is 0 Å². The Kier molecular flexibility index (Phi) is 3.66. The van der Waals surface area contributed by atoms with Crippen LogP contribution in [-0.2, 0) is 0 Å². The summed E-state index contributed by atoms with van der Waals surface area (Å²) in [6, 6.07) is 5.93. The highest BCUT2D eigenvalue weighted by Crippen LogP contribution is 2.33. The zero-order chi connectivity index (χ0) is 15.7. The Morgan fingerprint density at radius 3 is 2.77 bits per heavy atom. The molecular weight excluding hydrogens is 282 g/mol. The minimum atomic E-state index is -0.370. The van der Waals surface area contributed by atoms with Crippen LogP contribution in [0.25, 0.3) is 22.6 Å².